The quantitative estimate of drug-likeness (QED) is 0.403. The lowest BCUT2D eigenvalue weighted by molar-refractivity contribution is -0.385. The van der Waals surface area contributed by atoms with Crippen molar-refractivity contribution >= 4 is 17.6 Å². The van der Waals surface area contributed by atoms with E-state index in [1.54, 1.807) is 0 Å². The van der Waals surface area contributed by atoms with Crippen LogP contribution in [0.5, 0.6) is 5.75 Å². The second-order valence-electron chi connectivity index (χ2n) is 4.14. The second kappa shape index (κ2) is 6.00. The third-order valence-electron chi connectivity index (χ3n) is 2.69. The summed E-state index contributed by atoms with van der Waals surface area (Å²) in [7, 11) is 0. The van der Waals surface area contributed by atoms with Crippen LogP contribution in [0.25, 0.3) is 0 Å². The number of carbonyl (C=O) groups is 2. The van der Waals surface area contributed by atoms with Gasteiger partial charge in [-0.25, -0.2) is 14.0 Å². The van der Waals surface area contributed by atoms with E-state index in [2.05, 4.69) is 0 Å². The Labute approximate surface area is 122 Å². The number of nitro groups is 1. The number of carboxylic acids is 1. The third-order valence-corrected chi connectivity index (χ3v) is 2.69. The molecule has 0 radical (unpaired) electrons. The molecule has 112 valence electrons. The topological polar surface area (TPSA) is 107 Å². The van der Waals surface area contributed by atoms with Crippen LogP contribution >= 0.6 is 0 Å². The van der Waals surface area contributed by atoms with Crippen molar-refractivity contribution in [2.75, 3.05) is 0 Å². The lowest BCUT2D eigenvalue weighted by Crippen LogP contribution is -2.10. The van der Waals surface area contributed by atoms with Gasteiger partial charge >= 0.3 is 11.9 Å². The van der Waals surface area contributed by atoms with E-state index in [-0.39, 0.29) is 11.3 Å². The molecule has 0 bridgehead atoms. The predicted molar refractivity (Wildman–Crippen MR) is 71.4 cm³/mol. The zero-order chi connectivity index (χ0) is 16.3. The minimum atomic E-state index is -1.52. The third kappa shape index (κ3) is 3.23. The number of ether oxygens (including phenoxy) is 1. The molecule has 2 aromatic rings. The molecular weight excluding hydrogens is 297 g/mol. The van der Waals surface area contributed by atoms with Crippen molar-refractivity contribution in [3.05, 3.63) is 69.5 Å². The molecule has 0 amide bonds. The lowest BCUT2D eigenvalue weighted by atomic mass is 10.1. The highest BCUT2D eigenvalue weighted by molar-refractivity contribution is 5.94. The summed E-state index contributed by atoms with van der Waals surface area (Å²) in [5.74, 6) is -3.06. The fourth-order valence-corrected chi connectivity index (χ4v) is 1.66. The summed E-state index contributed by atoms with van der Waals surface area (Å²) < 4.78 is 17.7. The van der Waals surface area contributed by atoms with Crippen LogP contribution in [-0.4, -0.2) is 22.0 Å². The molecule has 0 unspecified atom stereocenters. The number of esters is 1. The van der Waals surface area contributed by atoms with Gasteiger partial charge in [-0.1, -0.05) is 0 Å². The van der Waals surface area contributed by atoms with E-state index in [1.807, 2.05) is 0 Å². The number of nitro benzene ring substituents is 1. The van der Waals surface area contributed by atoms with Gasteiger partial charge in [-0.15, -0.1) is 0 Å². The molecule has 0 atom stereocenters. The zero-order valence-electron chi connectivity index (χ0n) is 10.9. The standard InChI is InChI=1S/C14H8FNO6/c15-9-3-1-8(2-4-9)14(19)22-10-5-6-12(16(20)21)11(7-10)13(17)18/h1-7H,(H,17,18). The normalized spacial score (nSPS) is 10.0. The van der Waals surface area contributed by atoms with Crippen LogP contribution in [-0.2, 0) is 0 Å². The summed E-state index contributed by atoms with van der Waals surface area (Å²) in [6.07, 6.45) is 0. The molecule has 0 saturated heterocycles. The maximum atomic E-state index is 12.8. The Bertz CT molecular complexity index is 756. The summed E-state index contributed by atoms with van der Waals surface area (Å²) in [4.78, 5) is 32.6. The number of carbonyl (C=O) groups excluding carboxylic acids is 1. The van der Waals surface area contributed by atoms with Crippen LogP contribution in [0.2, 0.25) is 0 Å². The molecule has 8 heteroatoms. The number of nitrogens with zero attached hydrogens (tertiary/aromatic N) is 1. The fourth-order valence-electron chi connectivity index (χ4n) is 1.66. The highest BCUT2D eigenvalue weighted by Gasteiger charge is 2.21. The summed E-state index contributed by atoms with van der Waals surface area (Å²) in [6.45, 7) is 0. The van der Waals surface area contributed by atoms with E-state index in [1.165, 1.54) is 12.1 Å². The monoisotopic (exact) mass is 305 g/mol. The lowest BCUT2D eigenvalue weighted by Gasteiger charge is -2.05. The Morgan fingerprint density at radius 2 is 1.77 bits per heavy atom. The van der Waals surface area contributed by atoms with Gasteiger partial charge in [0.25, 0.3) is 5.69 Å². The van der Waals surface area contributed by atoms with Gasteiger partial charge in [0.2, 0.25) is 0 Å². The Hall–Kier alpha value is -3.29. The number of hydrogen-bond donors (Lipinski definition) is 1. The largest absolute Gasteiger partial charge is 0.477 e. The van der Waals surface area contributed by atoms with Crippen LogP contribution in [0.4, 0.5) is 10.1 Å². The summed E-state index contributed by atoms with van der Waals surface area (Å²) in [5, 5.41) is 19.6. The van der Waals surface area contributed by atoms with Gasteiger partial charge < -0.3 is 9.84 Å². The van der Waals surface area contributed by atoms with Crippen molar-refractivity contribution in [1.29, 1.82) is 0 Å². The molecule has 0 heterocycles. The Balaban J connectivity index is 2.28. The molecule has 2 aromatic carbocycles. The van der Waals surface area contributed by atoms with Crippen molar-refractivity contribution in [2.24, 2.45) is 0 Å². The molecule has 0 aliphatic heterocycles. The van der Waals surface area contributed by atoms with E-state index in [0.717, 1.165) is 30.3 Å². The molecule has 0 spiro atoms. The van der Waals surface area contributed by atoms with Gasteiger partial charge in [0.1, 0.15) is 17.1 Å². The van der Waals surface area contributed by atoms with Gasteiger partial charge in [0, 0.05) is 12.1 Å². The highest BCUT2D eigenvalue weighted by atomic mass is 19.1. The molecule has 0 saturated carbocycles. The van der Waals surface area contributed by atoms with Crippen molar-refractivity contribution < 1.29 is 28.7 Å². The van der Waals surface area contributed by atoms with E-state index >= 15 is 0 Å². The Morgan fingerprint density at radius 1 is 1.14 bits per heavy atom. The Morgan fingerprint density at radius 3 is 2.32 bits per heavy atom. The van der Waals surface area contributed by atoms with Crippen molar-refractivity contribution in [3.8, 4) is 5.75 Å². The average Bonchev–Trinajstić information content (AvgIpc) is 2.47. The van der Waals surface area contributed by atoms with Crippen LogP contribution in [0.15, 0.2) is 42.5 Å². The first kappa shape index (κ1) is 15.1. The van der Waals surface area contributed by atoms with Crippen LogP contribution < -0.4 is 4.74 Å². The summed E-state index contributed by atoms with van der Waals surface area (Å²) in [5.41, 5.74) is -1.17. The van der Waals surface area contributed by atoms with E-state index < -0.39 is 33.9 Å². The minimum Gasteiger partial charge on any atom is -0.477 e. The van der Waals surface area contributed by atoms with Crippen LogP contribution in [0.1, 0.15) is 20.7 Å². The summed E-state index contributed by atoms with van der Waals surface area (Å²) in [6, 6.07) is 7.43. The van der Waals surface area contributed by atoms with Gasteiger partial charge in [-0.2, -0.15) is 0 Å². The van der Waals surface area contributed by atoms with E-state index in [9.17, 15) is 24.1 Å². The first-order chi connectivity index (χ1) is 10.4. The van der Waals surface area contributed by atoms with Crippen molar-refractivity contribution in [3.63, 3.8) is 0 Å². The fraction of sp³-hybridized carbons (Fsp3) is 0. The molecule has 1 N–H and O–H groups in total. The molecular formula is C14H8FNO6. The predicted octanol–water partition coefficient (Wildman–Crippen LogP) is 2.65. The van der Waals surface area contributed by atoms with E-state index in [0.29, 0.717) is 0 Å². The smallest absolute Gasteiger partial charge is 0.343 e. The number of rotatable bonds is 4. The first-order valence-electron chi connectivity index (χ1n) is 5.88. The highest BCUT2D eigenvalue weighted by Crippen LogP contribution is 2.24. The first-order valence-corrected chi connectivity index (χ1v) is 5.88. The van der Waals surface area contributed by atoms with Crippen molar-refractivity contribution in [2.45, 2.75) is 0 Å². The zero-order valence-corrected chi connectivity index (χ0v) is 10.9. The molecule has 0 aliphatic carbocycles. The van der Waals surface area contributed by atoms with Crippen LogP contribution in [0, 0.1) is 15.9 Å². The molecule has 22 heavy (non-hydrogen) atoms. The number of carboxylic acid groups (broad SMARTS) is 1. The SMILES string of the molecule is O=C(Oc1ccc([N+](=O)[O-])c(C(=O)O)c1)c1ccc(F)cc1. The van der Waals surface area contributed by atoms with Gasteiger partial charge in [-0.3, -0.25) is 10.1 Å². The second-order valence-corrected chi connectivity index (χ2v) is 4.14. The Kier molecular flexibility index (Phi) is 4.12. The van der Waals surface area contributed by atoms with Crippen LogP contribution in [0.3, 0.4) is 0 Å². The molecule has 0 aliphatic rings. The maximum absolute atomic E-state index is 12.8. The molecule has 0 fully saturated rings. The number of halogens is 1. The summed E-state index contributed by atoms with van der Waals surface area (Å²) >= 11 is 0. The number of aromatic carboxylic acids is 1. The average molecular weight is 305 g/mol. The van der Waals surface area contributed by atoms with Crippen molar-refractivity contribution in [1.82, 2.24) is 0 Å². The maximum Gasteiger partial charge on any atom is 0.343 e. The number of hydrogen-bond acceptors (Lipinski definition) is 5. The molecule has 0 aromatic heterocycles. The molecule has 2 rings (SSSR count). The van der Waals surface area contributed by atoms with Gasteiger partial charge in [0.15, 0.2) is 0 Å². The van der Waals surface area contributed by atoms with E-state index in [4.69, 9.17) is 9.84 Å². The molecule has 7 nitrogen and oxygen atoms in total. The van der Waals surface area contributed by atoms with Gasteiger partial charge in [-0.05, 0) is 30.3 Å². The number of benzene rings is 2. The van der Waals surface area contributed by atoms with Gasteiger partial charge in [0.05, 0.1) is 10.5 Å². The minimum absolute atomic E-state index is 0.0524.